The fraction of sp³-hybridized carbons (Fsp3) is 0.882. The van der Waals surface area contributed by atoms with Gasteiger partial charge in [-0.2, -0.15) is 0 Å². The summed E-state index contributed by atoms with van der Waals surface area (Å²) < 4.78 is 0. The Morgan fingerprint density at radius 1 is 0.952 bits per heavy atom. The van der Waals surface area contributed by atoms with Crippen molar-refractivity contribution in [1.82, 2.24) is 5.32 Å². The highest BCUT2D eigenvalue weighted by molar-refractivity contribution is 5.86. The number of amides is 1. The summed E-state index contributed by atoms with van der Waals surface area (Å²) in [6.45, 7) is 6.88. The smallest absolute Gasteiger partial charge is 0.307 e. The van der Waals surface area contributed by atoms with Gasteiger partial charge in [0.25, 0.3) is 0 Å². The molecule has 0 spiro atoms. The van der Waals surface area contributed by atoms with Crippen LogP contribution in [0.25, 0.3) is 0 Å². The second-order valence-corrected chi connectivity index (χ2v) is 7.91. The number of carbonyl (C=O) groups excluding carboxylic acids is 1. The molecule has 0 saturated heterocycles. The Labute approximate surface area is 127 Å². The molecule has 2 aliphatic carbocycles. The van der Waals surface area contributed by atoms with E-state index in [-0.39, 0.29) is 17.9 Å². The highest BCUT2D eigenvalue weighted by atomic mass is 16.4. The van der Waals surface area contributed by atoms with Crippen LogP contribution < -0.4 is 5.32 Å². The first kappa shape index (κ1) is 16.3. The van der Waals surface area contributed by atoms with E-state index >= 15 is 0 Å². The topological polar surface area (TPSA) is 66.4 Å². The zero-order valence-corrected chi connectivity index (χ0v) is 13.5. The molecule has 0 heterocycles. The third kappa shape index (κ3) is 3.98. The third-order valence-corrected chi connectivity index (χ3v) is 5.47. The van der Waals surface area contributed by atoms with Gasteiger partial charge in [0.15, 0.2) is 0 Å². The summed E-state index contributed by atoms with van der Waals surface area (Å²) in [5.74, 6) is -0.903. The van der Waals surface area contributed by atoms with E-state index in [2.05, 4.69) is 26.1 Å². The Balaban J connectivity index is 1.84. The zero-order valence-electron chi connectivity index (χ0n) is 13.5. The van der Waals surface area contributed by atoms with Crippen LogP contribution in [0, 0.1) is 23.2 Å². The Bertz CT molecular complexity index is 399. The summed E-state index contributed by atoms with van der Waals surface area (Å²) in [6, 6.07) is 0.236. The van der Waals surface area contributed by atoms with Crippen molar-refractivity contribution >= 4 is 11.9 Å². The lowest BCUT2D eigenvalue weighted by Crippen LogP contribution is -2.47. The maximum atomic E-state index is 12.2. The van der Waals surface area contributed by atoms with Gasteiger partial charge in [-0.3, -0.25) is 9.59 Å². The summed E-state index contributed by atoms with van der Waals surface area (Å²) >= 11 is 0. The summed E-state index contributed by atoms with van der Waals surface area (Å²) in [7, 11) is 0. The first-order valence-electron chi connectivity index (χ1n) is 8.32. The van der Waals surface area contributed by atoms with Crippen LogP contribution in [0.15, 0.2) is 0 Å². The van der Waals surface area contributed by atoms with E-state index in [1.165, 1.54) is 6.42 Å². The minimum atomic E-state index is -0.824. The predicted octanol–water partition coefficient (Wildman–Crippen LogP) is 3.21. The lowest BCUT2D eigenvalue weighted by molar-refractivity contribution is -0.153. The Morgan fingerprint density at radius 2 is 1.62 bits per heavy atom. The van der Waals surface area contributed by atoms with Crippen molar-refractivity contribution in [3.8, 4) is 0 Å². The first-order chi connectivity index (χ1) is 9.79. The van der Waals surface area contributed by atoms with Gasteiger partial charge in [-0.25, -0.2) is 0 Å². The Morgan fingerprint density at radius 3 is 2.14 bits per heavy atom. The van der Waals surface area contributed by atoms with Crippen LogP contribution in [-0.2, 0) is 9.59 Å². The summed E-state index contributed by atoms with van der Waals surface area (Å²) in [4.78, 5) is 23.2. The lowest BCUT2D eigenvalue weighted by Gasteiger charge is -2.33. The lowest BCUT2D eigenvalue weighted by atomic mass is 9.73. The van der Waals surface area contributed by atoms with E-state index in [1.807, 2.05) is 0 Å². The van der Waals surface area contributed by atoms with Crippen molar-refractivity contribution in [2.75, 3.05) is 0 Å². The number of nitrogens with one attached hydrogen (secondary N) is 1. The highest BCUT2D eigenvalue weighted by Gasteiger charge is 2.42. The van der Waals surface area contributed by atoms with Crippen LogP contribution in [0.4, 0.5) is 0 Å². The largest absolute Gasteiger partial charge is 0.481 e. The van der Waals surface area contributed by atoms with E-state index in [0.717, 1.165) is 38.0 Å². The third-order valence-electron chi connectivity index (χ3n) is 5.47. The second kappa shape index (κ2) is 6.37. The molecule has 0 aromatic rings. The predicted molar refractivity (Wildman–Crippen MR) is 81.8 cm³/mol. The molecule has 1 amide bonds. The van der Waals surface area contributed by atoms with Gasteiger partial charge < -0.3 is 10.4 Å². The molecule has 0 radical (unpaired) electrons. The molecular formula is C17H29NO3. The average Bonchev–Trinajstić information content (AvgIpc) is 2.51. The van der Waals surface area contributed by atoms with Gasteiger partial charge in [0.05, 0.1) is 11.8 Å². The first-order valence-corrected chi connectivity index (χ1v) is 8.32. The molecule has 4 heteroatoms. The molecule has 2 fully saturated rings. The van der Waals surface area contributed by atoms with Crippen LogP contribution in [0.3, 0.4) is 0 Å². The zero-order chi connectivity index (χ0) is 15.6. The van der Waals surface area contributed by atoms with Gasteiger partial charge in [-0.1, -0.05) is 27.2 Å². The van der Waals surface area contributed by atoms with Gasteiger partial charge in [0.1, 0.15) is 0 Å². The number of hydrogen-bond donors (Lipinski definition) is 2. The number of carboxylic acids is 1. The number of hydrogen-bond acceptors (Lipinski definition) is 2. The molecule has 2 N–H and O–H groups in total. The van der Waals surface area contributed by atoms with Crippen molar-refractivity contribution in [3.05, 3.63) is 0 Å². The van der Waals surface area contributed by atoms with Crippen molar-refractivity contribution in [2.24, 2.45) is 23.2 Å². The van der Waals surface area contributed by atoms with Crippen LogP contribution in [0.2, 0.25) is 0 Å². The monoisotopic (exact) mass is 295 g/mol. The Kier molecular flexibility index (Phi) is 4.95. The Hall–Kier alpha value is -1.06. The maximum Gasteiger partial charge on any atom is 0.307 e. The van der Waals surface area contributed by atoms with Crippen LogP contribution >= 0.6 is 0 Å². The van der Waals surface area contributed by atoms with Gasteiger partial charge in [0.2, 0.25) is 5.91 Å². The number of rotatable bonds is 3. The summed E-state index contributed by atoms with van der Waals surface area (Å²) in [5.41, 5.74) is 0.335. The molecule has 120 valence electrons. The van der Waals surface area contributed by atoms with E-state index < -0.39 is 11.9 Å². The number of carboxylic acid groups (broad SMARTS) is 1. The molecule has 0 aromatic heterocycles. The molecular weight excluding hydrogens is 266 g/mol. The molecule has 0 bridgehead atoms. The molecule has 2 saturated carbocycles. The van der Waals surface area contributed by atoms with Crippen molar-refractivity contribution in [3.63, 3.8) is 0 Å². The van der Waals surface area contributed by atoms with Crippen molar-refractivity contribution in [1.29, 1.82) is 0 Å². The second-order valence-electron chi connectivity index (χ2n) is 7.91. The van der Waals surface area contributed by atoms with Crippen molar-refractivity contribution in [2.45, 2.75) is 71.8 Å². The van der Waals surface area contributed by atoms with Gasteiger partial charge in [-0.05, 0) is 49.9 Å². The van der Waals surface area contributed by atoms with E-state index in [0.29, 0.717) is 11.8 Å². The van der Waals surface area contributed by atoms with Crippen LogP contribution in [0.1, 0.15) is 65.7 Å². The van der Waals surface area contributed by atoms with Crippen LogP contribution in [0.5, 0.6) is 0 Å². The molecule has 0 aromatic carbocycles. The molecule has 2 rings (SSSR count). The molecule has 2 aliphatic rings. The van der Waals surface area contributed by atoms with Gasteiger partial charge in [0, 0.05) is 6.04 Å². The SMILES string of the molecule is CC(C)(C)C1CCCC(NC(=O)C2CCC2C(=O)O)CC1. The number of aliphatic carboxylic acids is 1. The normalized spacial score (nSPS) is 33.7. The van der Waals surface area contributed by atoms with Crippen LogP contribution in [-0.4, -0.2) is 23.0 Å². The average molecular weight is 295 g/mol. The molecule has 4 unspecified atom stereocenters. The highest BCUT2D eigenvalue weighted by Crippen LogP contribution is 2.38. The minimum absolute atomic E-state index is 0.0344. The molecule has 4 atom stereocenters. The summed E-state index contributed by atoms with van der Waals surface area (Å²) in [5, 5.41) is 12.2. The molecule has 4 nitrogen and oxygen atoms in total. The van der Waals surface area contributed by atoms with E-state index in [1.54, 1.807) is 0 Å². The summed E-state index contributed by atoms with van der Waals surface area (Å²) in [6.07, 6.45) is 6.96. The maximum absolute atomic E-state index is 12.2. The minimum Gasteiger partial charge on any atom is -0.481 e. The van der Waals surface area contributed by atoms with Crippen molar-refractivity contribution < 1.29 is 14.7 Å². The fourth-order valence-corrected chi connectivity index (χ4v) is 3.73. The van der Waals surface area contributed by atoms with E-state index in [4.69, 9.17) is 5.11 Å². The van der Waals surface area contributed by atoms with Gasteiger partial charge >= 0.3 is 5.97 Å². The molecule has 0 aliphatic heterocycles. The standard InChI is InChI=1S/C17H29NO3/c1-17(2,3)11-5-4-6-12(8-7-11)18-15(19)13-9-10-14(13)16(20)21/h11-14H,4-10H2,1-3H3,(H,18,19)(H,20,21). The molecule has 21 heavy (non-hydrogen) atoms. The number of carbonyl (C=O) groups is 2. The van der Waals surface area contributed by atoms with E-state index in [9.17, 15) is 9.59 Å². The quantitative estimate of drug-likeness (QED) is 0.786. The van der Waals surface area contributed by atoms with Gasteiger partial charge in [-0.15, -0.1) is 0 Å². The fourth-order valence-electron chi connectivity index (χ4n) is 3.73.